The zero-order chi connectivity index (χ0) is 12.4. The number of benzene rings is 1. The summed E-state index contributed by atoms with van der Waals surface area (Å²) in [5, 5.41) is 0. The third-order valence-corrected chi connectivity index (χ3v) is 4.17. The van der Waals surface area contributed by atoms with Crippen LogP contribution in [0.1, 0.15) is 19.4 Å². The van der Waals surface area contributed by atoms with Crippen molar-refractivity contribution in [3.05, 3.63) is 34.3 Å². The van der Waals surface area contributed by atoms with Crippen LogP contribution in [-0.4, -0.2) is 14.9 Å². The predicted octanol–water partition coefficient (Wildman–Crippen LogP) is 4.58. The van der Waals surface area contributed by atoms with Gasteiger partial charge in [0.1, 0.15) is 0 Å². The maximum Gasteiger partial charge on any atom is 0.183 e. The zero-order valence-corrected chi connectivity index (χ0v) is 13.4. The second-order valence-corrected chi connectivity index (χ2v) is 11.1. The molecule has 0 heterocycles. The Bertz CT molecular complexity index is 355. The van der Waals surface area contributed by atoms with E-state index in [2.05, 4.69) is 67.6 Å². The predicted molar refractivity (Wildman–Crippen MR) is 76.5 cm³/mol. The van der Waals surface area contributed by atoms with Crippen LogP contribution in [0.25, 0.3) is 0 Å². The molecule has 0 aliphatic carbocycles. The van der Waals surface area contributed by atoms with Gasteiger partial charge in [0.15, 0.2) is 8.32 Å². The first-order valence-electron chi connectivity index (χ1n) is 5.61. The fourth-order valence-electron chi connectivity index (χ4n) is 1.48. The number of hydrogen-bond donors (Lipinski definition) is 0. The van der Waals surface area contributed by atoms with Gasteiger partial charge in [-0.25, -0.2) is 0 Å². The zero-order valence-electron chi connectivity index (χ0n) is 10.8. The molecule has 0 aromatic heterocycles. The summed E-state index contributed by atoms with van der Waals surface area (Å²) in [6, 6.07) is 8.38. The molecule has 1 nitrogen and oxygen atoms in total. The van der Waals surface area contributed by atoms with E-state index in [9.17, 15) is 0 Å². The van der Waals surface area contributed by atoms with Crippen LogP contribution in [-0.2, 0) is 9.84 Å². The molecular weight excluding hydrogens is 280 g/mol. The standard InChI is InChI=1S/C13H21BrOSi/c1-13(2,10-15-16(3,4)5)11-8-6-7-9-12(11)14/h6-9H,10H2,1-5H3. The highest BCUT2D eigenvalue weighted by Crippen LogP contribution is 2.30. The quantitative estimate of drug-likeness (QED) is 0.740. The van der Waals surface area contributed by atoms with Crippen molar-refractivity contribution in [1.82, 2.24) is 0 Å². The maximum atomic E-state index is 6.02. The molecule has 1 aromatic carbocycles. The molecule has 0 atom stereocenters. The second kappa shape index (κ2) is 5.03. The Morgan fingerprint density at radius 3 is 2.25 bits per heavy atom. The molecule has 0 saturated carbocycles. The Morgan fingerprint density at radius 1 is 1.19 bits per heavy atom. The molecule has 1 aromatic rings. The lowest BCUT2D eigenvalue weighted by Crippen LogP contribution is -2.34. The van der Waals surface area contributed by atoms with Crippen LogP contribution in [0, 0.1) is 0 Å². The summed E-state index contributed by atoms with van der Waals surface area (Å²) < 4.78 is 7.19. The van der Waals surface area contributed by atoms with E-state index in [-0.39, 0.29) is 5.41 Å². The topological polar surface area (TPSA) is 9.23 Å². The normalized spacial score (nSPS) is 12.9. The van der Waals surface area contributed by atoms with Gasteiger partial charge in [0.25, 0.3) is 0 Å². The third kappa shape index (κ3) is 4.04. The van der Waals surface area contributed by atoms with Crippen molar-refractivity contribution in [3.63, 3.8) is 0 Å². The molecule has 16 heavy (non-hydrogen) atoms. The van der Waals surface area contributed by atoms with E-state index < -0.39 is 8.32 Å². The number of halogens is 1. The number of hydrogen-bond acceptors (Lipinski definition) is 1. The third-order valence-electron chi connectivity index (χ3n) is 2.47. The fourth-order valence-corrected chi connectivity index (χ4v) is 3.10. The van der Waals surface area contributed by atoms with Crippen LogP contribution in [0.2, 0.25) is 19.6 Å². The number of rotatable bonds is 4. The molecule has 0 saturated heterocycles. The Morgan fingerprint density at radius 2 is 1.75 bits per heavy atom. The smallest absolute Gasteiger partial charge is 0.183 e. The molecule has 1 rings (SSSR count). The summed E-state index contributed by atoms with van der Waals surface area (Å²) in [6.07, 6.45) is 0. The van der Waals surface area contributed by atoms with Crippen LogP contribution in [0.4, 0.5) is 0 Å². The van der Waals surface area contributed by atoms with Gasteiger partial charge in [0, 0.05) is 16.5 Å². The molecule has 3 heteroatoms. The molecule has 0 aliphatic heterocycles. The molecule has 0 amide bonds. The maximum absolute atomic E-state index is 6.02. The summed E-state index contributed by atoms with van der Waals surface area (Å²) in [6.45, 7) is 11.9. The highest BCUT2D eigenvalue weighted by molar-refractivity contribution is 9.10. The van der Waals surface area contributed by atoms with Gasteiger partial charge in [-0.15, -0.1) is 0 Å². The van der Waals surface area contributed by atoms with Crippen molar-refractivity contribution in [2.24, 2.45) is 0 Å². The molecule has 0 radical (unpaired) electrons. The average Bonchev–Trinajstić information content (AvgIpc) is 2.14. The highest BCUT2D eigenvalue weighted by Gasteiger charge is 2.26. The van der Waals surface area contributed by atoms with Crippen LogP contribution in [0.15, 0.2) is 28.7 Å². The summed E-state index contributed by atoms with van der Waals surface area (Å²) >= 11 is 3.61. The Balaban J connectivity index is 2.82. The van der Waals surface area contributed by atoms with E-state index in [0.717, 1.165) is 6.61 Å². The summed E-state index contributed by atoms with van der Waals surface area (Å²) in [4.78, 5) is 0. The molecule has 0 fully saturated rings. The Labute approximate surface area is 108 Å². The van der Waals surface area contributed by atoms with E-state index in [4.69, 9.17) is 4.43 Å². The van der Waals surface area contributed by atoms with Gasteiger partial charge in [-0.3, -0.25) is 0 Å². The first-order valence-corrected chi connectivity index (χ1v) is 9.81. The SMILES string of the molecule is CC(C)(CO[Si](C)(C)C)c1ccccc1Br. The van der Waals surface area contributed by atoms with Crippen LogP contribution >= 0.6 is 15.9 Å². The van der Waals surface area contributed by atoms with Crippen molar-refractivity contribution in [2.45, 2.75) is 38.9 Å². The van der Waals surface area contributed by atoms with Gasteiger partial charge in [-0.1, -0.05) is 48.0 Å². The van der Waals surface area contributed by atoms with Crippen molar-refractivity contribution in [1.29, 1.82) is 0 Å². The van der Waals surface area contributed by atoms with Gasteiger partial charge in [0.2, 0.25) is 0 Å². The summed E-state index contributed by atoms with van der Waals surface area (Å²) in [7, 11) is -1.43. The minimum absolute atomic E-state index is 0.0559. The summed E-state index contributed by atoms with van der Waals surface area (Å²) in [5.74, 6) is 0. The molecule has 0 bridgehead atoms. The van der Waals surface area contributed by atoms with Crippen molar-refractivity contribution in [2.75, 3.05) is 6.61 Å². The molecule has 0 aliphatic rings. The van der Waals surface area contributed by atoms with Crippen LogP contribution in [0.3, 0.4) is 0 Å². The van der Waals surface area contributed by atoms with Gasteiger partial charge < -0.3 is 4.43 Å². The summed E-state index contributed by atoms with van der Waals surface area (Å²) in [5.41, 5.74) is 1.37. The molecule has 0 unspecified atom stereocenters. The molecule has 0 N–H and O–H groups in total. The van der Waals surface area contributed by atoms with E-state index in [0.29, 0.717) is 0 Å². The van der Waals surface area contributed by atoms with Gasteiger partial charge in [-0.05, 0) is 31.3 Å². The lowest BCUT2D eigenvalue weighted by atomic mass is 9.86. The minimum atomic E-state index is -1.43. The Kier molecular flexibility index (Phi) is 4.38. The lowest BCUT2D eigenvalue weighted by Gasteiger charge is -2.30. The van der Waals surface area contributed by atoms with E-state index in [1.807, 2.05) is 6.07 Å². The Hall–Kier alpha value is -0.123. The first kappa shape index (κ1) is 13.9. The van der Waals surface area contributed by atoms with Crippen LogP contribution in [0.5, 0.6) is 0 Å². The second-order valence-electron chi connectivity index (χ2n) is 5.76. The van der Waals surface area contributed by atoms with E-state index >= 15 is 0 Å². The van der Waals surface area contributed by atoms with Crippen molar-refractivity contribution in [3.8, 4) is 0 Å². The molecular formula is C13H21BrOSi. The lowest BCUT2D eigenvalue weighted by molar-refractivity contribution is 0.234. The molecule has 90 valence electrons. The van der Waals surface area contributed by atoms with Crippen LogP contribution < -0.4 is 0 Å². The highest BCUT2D eigenvalue weighted by atomic mass is 79.9. The average molecular weight is 301 g/mol. The van der Waals surface area contributed by atoms with Crippen molar-refractivity contribution >= 4 is 24.2 Å². The largest absolute Gasteiger partial charge is 0.417 e. The van der Waals surface area contributed by atoms with Gasteiger partial charge in [-0.2, -0.15) is 0 Å². The minimum Gasteiger partial charge on any atom is -0.417 e. The van der Waals surface area contributed by atoms with E-state index in [1.165, 1.54) is 10.0 Å². The van der Waals surface area contributed by atoms with Gasteiger partial charge >= 0.3 is 0 Å². The van der Waals surface area contributed by atoms with Gasteiger partial charge in [0.05, 0.1) is 0 Å². The monoisotopic (exact) mass is 300 g/mol. The first-order chi connectivity index (χ1) is 7.22. The van der Waals surface area contributed by atoms with E-state index in [1.54, 1.807) is 0 Å². The fraction of sp³-hybridized carbons (Fsp3) is 0.538. The van der Waals surface area contributed by atoms with Crippen molar-refractivity contribution < 1.29 is 4.43 Å². The molecule has 0 spiro atoms.